The summed E-state index contributed by atoms with van der Waals surface area (Å²) in [5.74, 6) is -0.982. The van der Waals surface area contributed by atoms with Crippen LogP contribution in [0.25, 0.3) is 6.08 Å². The van der Waals surface area contributed by atoms with Crippen molar-refractivity contribution in [2.75, 3.05) is 17.9 Å². The van der Waals surface area contributed by atoms with Crippen LogP contribution in [0.4, 0.5) is 5.69 Å². The standard InChI is InChI=1S/C20H20BrNO6S/c1-3-27-19(23)12-7-14-5-9-16(10-6-14)22-29(25,26)18-11-8-15(13-17(18)21)20(24)28-4-2/h5-13,22H,3-4H2,1-2H3/b12-7+. The van der Waals surface area contributed by atoms with Gasteiger partial charge in [-0.25, -0.2) is 18.0 Å². The molecule has 154 valence electrons. The molecule has 0 fully saturated rings. The van der Waals surface area contributed by atoms with Gasteiger partial charge in [-0.1, -0.05) is 12.1 Å². The molecule has 0 bridgehead atoms. The van der Waals surface area contributed by atoms with Gasteiger partial charge in [0.25, 0.3) is 10.0 Å². The molecular formula is C20H20BrNO6S. The van der Waals surface area contributed by atoms with Crippen LogP contribution >= 0.6 is 15.9 Å². The molecular weight excluding hydrogens is 462 g/mol. The van der Waals surface area contributed by atoms with Gasteiger partial charge in [-0.15, -0.1) is 0 Å². The third kappa shape index (κ3) is 6.43. The smallest absolute Gasteiger partial charge is 0.338 e. The summed E-state index contributed by atoms with van der Waals surface area (Å²) >= 11 is 3.19. The molecule has 0 aromatic heterocycles. The number of hydrogen-bond donors (Lipinski definition) is 1. The van der Waals surface area contributed by atoms with Gasteiger partial charge in [0.05, 0.1) is 18.8 Å². The second-order valence-corrected chi connectivity index (χ2v) is 8.18. The maximum atomic E-state index is 12.7. The molecule has 0 heterocycles. The number of rotatable bonds is 8. The van der Waals surface area contributed by atoms with Crippen LogP contribution in [0.15, 0.2) is 57.9 Å². The molecule has 0 unspecified atom stereocenters. The second-order valence-electron chi connectivity index (χ2n) is 5.68. The van der Waals surface area contributed by atoms with Crippen molar-refractivity contribution < 1.29 is 27.5 Å². The molecule has 2 rings (SSSR count). The van der Waals surface area contributed by atoms with Crippen LogP contribution in [0, 0.1) is 0 Å². The van der Waals surface area contributed by atoms with E-state index in [1.807, 2.05) is 0 Å². The maximum Gasteiger partial charge on any atom is 0.338 e. The first-order valence-electron chi connectivity index (χ1n) is 8.71. The number of benzene rings is 2. The molecule has 0 amide bonds. The zero-order chi connectivity index (χ0) is 21.4. The van der Waals surface area contributed by atoms with Crippen molar-refractivity contribution in [3.05, 3.63) is 64.1 Å². The van der Waals surface area contributed by atoms with Crippen LogP contribution in [0.3, 0.4) is 0 Å². The first kappa shape index (κ1) is 22.6. The molecule has 1 N–H and O–H groups in total. The van der Waals surface area contributed by atoms with Gasteiger partial charge in [0.15, 0.2) is 0 Å². The lowest BCUT2D eigenvalue weighted by Gasteiger charge is -2.11. The van der Waals surface area contributed by atoms with E-state index < -0.39 is 22.0 Å². The molecule has 2 aromatic rings. The van der Waals surface area contributed by atoms with Crippen molar-refractivity contribution in [3.8, 4) is 0 Å². The average molecular weight is 482 g/mol. The lowest BCUT2D eigenvalue weighted by molar-refractivity contribution is -0.137. The number of ether oxygens (including phenoxy) is 2. The molecule has 29 heavy (non-hydrogen) atoms. The third-order valence-corrected chi connectivity index (χ3v) is 5.95. The normalized spacial score (nSPS) is 11.3. The maximum absolute atomic E-state index is 12.7. The minimum atomic E-state index is -3.89. The van der Waals surface area contributed by atoms with E-state index in [4.69, 9.17) is 9.47 Å². The third-order valence-electron chi connectivity index (χ3n) is 3.59. The van der Waals surface area contributed by atoms with E-state index in [2.05, 4.69) is 20.7 Å². The average Bonchev–Trinajstić information content (AvgIpc) is 2.67. The van der Waals surface area contributed by atoms with Crippen LogP contribution in [0.5, 0.6) is 0 Å². The predicted molar refractivity (Wildman–Crippen MR) is 113 cm³/mol. The SMILES string of the molecule is CCOC(=O)/C=C/c1ccc(NS(=O)(=O)c2ccc(C(=O)OCC)cc2Br)cc1. The summed E-state index contributed by atoms with van der Waals surface area (Å²) in [6.07, 6.45) is 2.87. The summed E-state index contributed by atoms with van der Waals surface area (Å²) in [7, 11) is -3.89. The zero-order valence-corrected chi connectivity index (χ0v) is 18.2. The van der Waals surface area contributed by atoms with Gasteiger partial charge in [-0.05, 0) is 71.7 Å². The van der Waals surface area contributed by atoms with Gasteiger partial charge in [0, 0.05) is 16.2 Å². The Morgan fingerprint density at radius 1 is 1.03 bits per heavy atom. The number of esters is 2. The minimum Gasteiger partial charge on any atom is -0.463 e. The van der Waals surface area contributed by atoms with Crippen molar-refractivity contribution in [3.63, 3.8) is 0 Å². The molecule has 0 spiro atoms. The Bertz CT molecular complexity index is 1020. The van der Waals surface area contributed by atoms with Crippen molar-refractivity contribution >= 4 is 49.7 Å². The number of anilines is 1. The van der Waals surface area contributed by atoms with E-state index in [0.29, 0.717) is 17.9 Å². The number of carbonyl (C=O) groups is 2. The minimum absolute atomic E-state index is 0.0168. The van der Waals surface area contributed by atoms with Crippen molar-refractivity contribution in [2.24, 2.45) is 0 Å². The van der Waals surface area contributed by atoms with E-state index in [0.717, 1.165) is 0 Å². The van der Waals surface area contributed by atoms with Crippen molar-refractivity contribution in [1.29, 1.82) is 0 Å². The summed E-state index contributed by atoms with van der Waals surface area (Å²) in [6, 6.07) is 10.6. The van der Waals surface area contributed by atoms with E-state index >= 15 is 0 Å². The molecule has 0 saturated carbocycles. The summed E-state index contributed by atoms with van der Waals surface area (Å²) in [4.78, 5) is 23.1. The predicted octanol–water partition coefficient (Wildman–Crippen LogP) is 4.00. The second kappa shape index (κ2) is 10.2. The van der Waals surface area contributed by atoms with Gasteiger partial charge in [-0.2, -0.15) is 0 Å². The van der Waals surface area contributed by atoms with Crippen LogP contribution < -0.4 is 4.72 Å². The molecule has 0 atom stereocenters. The summed E-state index contributed by atoms with van der Waals surface area (Å²) in [5.41, 5.74) is 1.30. The van der Waals surface area contributed by atoms with Gasteiger partial charge in [0.1, 0.15) is 4.90 Å². The monoisotopic (exact) mass is 481 g/mol. The van der Waals surface area contributed by atoms with Crippen molar-refractivity contribution in [2.45, 2.75) is 18.7 Å². The number of nitrogens with one attached hydrogen (secondary N) is 1. The molecule has 0 radical (unpaired) electrons. The van der Waals surface area contributed by atoms with Crippen LogP contribution in [-0.2, 0) is 24.3 Å². The van der Waals surface area contributed by atoms with E-state index in [1.54, 1.807) is 44.2 Å². The first-order chi connectivity index (χ1) is 13.8. The Morgan fingerprint density at radius 3 is 2.28 bits per heavy atom. The van der Waals surface area contributed by atoms with Crippen molar-refractivity contribution in [1.82, 2.24) is 0 Å². The van der Waals surface area contributed by atoms with Gasteiger partial charge in [0.2, 0.25) is 0 Å². The lowest BCUT2D eigenvalue weighted by atomic mass is 10.2. The fourth-order valence-corrected chi connectivity index (χ4v) is 4.42. The van der Waals surface area contributed by atoms with Crippen LogP contribution in [0.1, 0.15) is 29.8 Å². The highest BCUT2D eigenvalue weighted by atomic mass is 79.9. The first-order valence-corrected chi connectivity index (χ1v) is 11.0. The summed E-state index contributed by atoms with van der Waals surface area (Å²) in [6.45, 7) is 3.92. The van der Waals surface area contributed by atoms with Gasteiger partial charge >= 0.3 is 11.9 Å². The Kier molecular flexibility index (Phi) is 7.98. The lowest BCUT2D eigenvalue weighted by Crippen LogP contribution is -2.14. The Balaban J connectivity index is 2.15. The topological polar surface area (TPSA) is 98.8 Å². The fourth-order valence-electron chi connectivity index (χ4n) is 2.29. The molecule has 9 heteroatoms. The van der Waals surface area contributed by atoms with E-state index in [-0.39, 0.29) is 21.5 Å². The number of halogens is 1. The van der Waals surface area contributed by atoms with Gasteiger partial charge < -0.3 is 9.47 Å². The van der Waals surface area contributed by atoms with Crippen LogP contribution in [-0.4, -0.2) is 33.6 Å². The van der Waals surface area contributed by atoms with E-state index in [9.17, 15) is 18.0 Å². The Labute approximate surface area is 177 Å². The van der Waals surface area contributed by atoms with Gasteiger partial charge in [-0.3, -0.25) is 4.72 Å². The Hall–Kier alpha value is -2.65. The number of carbonyl (C=O) groups excluding carboxylic acids is 2. The molecule has 0 aliphatic carbocycles. The Morgan fingerprint density at radius 2 is 1.69 bits per heavy atom. The summed E-state index contributed by atoms with van der Waals surface area (Å²) < 4.78 is 37.8. The molecule has 7 nitrogen and oxygen atoms in total. The fraction of sp³-hybridized carbons (Fsp3) is 0.200. The largest absolute Gasteiger partial charge is 0.463 e. The highest BCUT2D eigenvalue weighted by molar-refractivity contribution is 9.10. The number of sulfonamides is 1. The number of hydrogen-bond acceptors (Lipinski definition) is 6. The zero-order valence-electron chi connectivity index (χ0n) is 15.8. The highest BCUT2D eigenvalue weighted by Crippen LogP contribution is 2.26. The van der Waals surface area contributed by atoms with Crippen LogP contribution in [0.2, 0.25) is 0 Å². The van der Waals surface area contributed by atoms with E-state index in [1.165, 1.54) is 24.3 Å². The summed E-state index contributed by atoms with van der Waals surface area (Å²) in [5, 5.41) is 0. The molecule has 0 aliphatic rings. The molecule has 2 aromatic carbocycles. The highest BCUT2D eigenvalue weighted by Gasteiger charge is 2.19. The quantitative estimate of drug-likeness (QED) is 0.451. The molecule has 0 saturated heterocycles. The molecule has 0 aliphatic heterocycles.